The summed E-state index contributed by atoms with van der Waals surface area (Å²) in [7, 11) is 0. The molecular formula is C13H7F2N. The van der Waals surface area contributed by atoms with Crippen molar-refractivity contribution >= 4 is 21.7 Å². The lowest BCUT2D eigenvalue weighted by molar-refractivity contribution is 0.525. The third-order valence-corrected chi connectivity index (χ3v) is 2.66. The van der Waals surface area contributed by atoms with E-state index in [1.54, 1.807) is 36.5 Å². The molecule has 0 saturated carbocycles. The first-order chi connectivity index (χ1) is 7.79. The average molecular weight is 215 g/mol. The first kappa shape index (κ1) is 9.21. The van der Waals surface area contributed by atoms with Crippen molar-refractivity contribution in [3.8, 4) is 0 Å². The molecule has 0 aliphatic heterocycles. The Labute approximate surface area is 90.3 Å². The fraction of sp³-hybridized carbons (Fsp3) is 0. The fourth-order valence-electron chi connectivity index (χ4n) is 1.91. The Morgan fingerprint density at radius 2 is 1.38 bits per heavy atom. The number of nitrogens with zero attached hydrogens (tertiary/aromatic N) is 1. The van der Waals surface area contributed by atoms with Gasteiger partial charge >= 0.3 is 0 Å². The highest BCUT2D eigenvalue weighted by atomic mass is 19.2. The van der Waals surface area contributed by atoms with E-state index in [-0.39, 0.29) is 10.8 Å². The van der Waals surface area contributed by atoms with Crippen LogP contribution >= 0.6 is 0 Å². The molecule has 0 spiro atoms. The lowest BCUT2D eigenvalue weighted by Crippen LogP contribution is -1.91. The van der Waals surface area contributed by atoms with Gasteiger partial charge in [0.15, 0.2) is 11.6 Å². The van der Waals surface area contributed by atoms with Gasteiger partial charge < -0.3 is 0 Å². The van der Waals surface area contributed by atoms with Gasteiger partial charge in [-0.1, -0.05) is 24.3 Å². The largest absolute Gasteiger partial charge is 0.255 e. The molecule has 16 heavy (non-hydrogen) atoms. The molecule has 3 heteroatoms. The molecule has 3 aromatic rings. The summed E-state index contributed by atoms with van der Waals surface area (Å²) in [4.78, 5) is 4.10. The average Bonchev–Trinajstić information content (AvgIpc) is 2.36. The van der Waals surface area contributed by atoms with Crippen LogP contribution in [0, 0.1) is 11.6 Å². The van der Waals surface area contributed by atoms with Crippen LogP contribution < -0.4 is 0 Å². The van der Waals surface area contributed by atoms with Crippen molar-refractivity contribution < 1.29 is 8.78 Å². The first-order valence-electron chi connectivity index (χ1n) is 4.89. The highest BCUT2D eigenvalue weighted by Gasteiger charge is 2.13. The Bertz CT molecular complexity index is 631. The molecule has 0 fully saturated rings. The van der Waals surface area contributed by atoms with Gasteiger partial charge in [0.25, 0.3) is 0 Å². The van der Waals surface area contributed by atoms with Crippen LogP contribution in [-0.2, 0) is 0 Å². The quantitative estimate of drug-likeness (QED) is 0.521. The first-order valence-corrected chi connectivity index (χ1v) is 4.89. The Morgan fingerprint density at radius 3 is 2.19 bits per heavy atom. The standard InChI is InChI=1S/C13H7F2N/c14-11-8-4-1-2-5-9(8)13-10(12(11)15)6-3-7-16-13/h1-7H. The maximum Gasteiger partial charge on any atom is 0.168 e. The minimum Gasteiger partial charge on any atom is -0.255 e. The Balaban J connectivity index is 2.69. The summed E-state index contributed by atoms with van der Waals surface area (Å²) in [6, 6.07) is 9.90. The second-order valence-electron chi connectivity index (χ2n) is 3.57. The molecule has 0 amide bonds. The molecule has 1 heterocycles. The minimum absolute atomic E-state index is 0.221. The van der Waals surface area contributed by atoms with Crippen molar-refractivity contribution in [2.45, 2.75) is 0 Å². The number of hydrogen-bond acceptors (Lipinski definition) is 1. The van der Waals surface area contributed by atoms with E-state index in [9.17, 15) is 8.78 Å². The zero-order valence-corrected chi connectivity index (χ0v) is 8.24. The maximum absolute atomic E-state index is 13.7. The van der Waals surface area contributed by atoms with Gasteiger partial charge in [0.1, 0.15) is 0 Å². The smallest absolute Gasteiger partial charge is 0.168 e. The summed E-state index contributed by atoms with van der Waals surface area (Å²) in [5.74, 6) is -1.64. The van der Waals surface area contributed by atoms with E-state index in [0.717, 1.165) is 0 Å². The zero-order valence-electron chi connectivity index (χ0n) is 8.24. The van der Waals surface area contributed by atoms with Gasteiger partial charge in [-0.25, -0.2) is 8.78 Å². The van der Waals surface area contributed by atoms with Gasteiger partial charge in [-0.05, 0) is 12.1 Å². The molecule has 0 aliphatic carbocycles. The van der Waals surface area contributed by atoms with Crippen LogP contribution in [0.1, 0.15) is 0 Å². The molecule has 0 saturated heterocycles. The second kappa shape index (κ2) is 3.23. The van der Waals surface area contributed by atoms with E-state index in [4.69, 9.17) is 0 Å². The molecule has 1 nitrogen and oxygen atoms in total. The van der Waals surface area contributed by atoms with Crippen molar-refractivity contribution in [2.24, 2.45) is 0 Å². The van der Waals surface area contributed by atoms with Crippen LogP contribution in [0.15, 0.2) is 42.6 Å². The summed E-state index contributed by atoms with van der Waals surface area (Å²) in [6.45, 7) is 0. The molecule has 0 N–H and O–H groups in total. The Hall–Kier alpha value is -2.03. The number of pyridine rings is 1. The Kier molecular flexibility index (Phi) is 1.86. The molecule has 0 unspecified atom stereocenters. The molecule has 78 valence electrons. The van der Waals surface area contributed by atoms with Gasteiger partial charge in [-0.2, -0.15) is 0 Å². The molecule has 0 bridgehead atoms. The summed E-state index contributed by atoms with van der Waals surface area (Å²) in [5.41, 5.74) is 0.497. The lowest BCUT2D eigenvalue weighted by atomic mass is 10.1. The van der Waals surface area contributed by atoms with Crippen molar-refractivity contribution in [3.05, 3.63) is 54.2 Å². The van der Waals surface area contributed by atoms with E-state index < -0.39 is 11.6 Å². The van der Waals surface area contributed by atoms with Crippen LogP contribution in [0.5, 0.6) is 0 Å². The van der Waals surface area contributed by atoms with Crippen LogP contribution in [-0.4, -0.2) is 4.98 Å². The second-order valence-corrected chi connectivity index (χ2v) is 3.57. The summed E-state index contributed by atoms with van der Waals surface area (Å²) >= 11 is 0. The van der Waals surface area contributed by atoms with E-state index in [1.807, 2.05) is 0 Å². The van der Waals surface area contributed by atoms with E-state index in [0.29, 0.717) is 10.9 Å². The van der Waals surface area contributed by atoms with E-state index in [1.165, 1.54) is 6.07 Å². The number of benzene rings is 2. The zero-order chi connectivity index (χ0) is 11.1. The number of fused-ring (bicyclic) bond motifs is 3. The normalized spacial score (nSPS) is 11.1. The molecule has 0 atom stereocenters. The topological polar surface area (TPSA) is 12.9 Å². The molecule has 3 rings (SSSR count). The van der Waals surface area contributed by atoms with Crippen LogP contribution in [0.3, 0.4) is 0 Å². The SMILES string of the molecule is Fc1c(F)c2cccnc2c2ccccc12. The van der Waals surface area contributed by atoms with Gasteiger partial charge in [0, 0.05) is 22.4 Å². The summed E-state index contributed by atoms with van der Waals surface area (Å²) in [5, 5.41) is 1.13. The van der Waals surface area contributed by atoms with Crippen molar-refractivity contribution in [3.63, 3.8) is 0 Å². The van der Waals surface area contributed by atoms with Crippen molar-refractivity contribution in [1.82, 2.24) is 4.98 Å². The number of hydrogen-bond donors (Lipinski definition) is 0. The predicted molar refractivity (Wildman–Crippen MR) is 59.2 cm³/mol. The highest BCUT2D eigenvalue weighted by molar-refractivity contribution is 6.05. The van der Waals surface area contributed by atoms with Crippen molar-refractivity contribution in [2.75, 3.05) is 0 Å². The predicted octanol–water partition coefficient (Wildman–Crippen LogP) is 3.67. The third-order valence-electron chi connectivity index (χ3n) is 2.66. The molecule has 2 aromatic carbocycles. The number of halogens is 2. The van der Waals surface area contributed by atoms with E-state index >= 15 is 0 Å². The van der Waals surface area contributed by atoms with Crippen LogP contribution in [0.25, 0.3) is 21.7 Å². The van der Waals surface area contributed by atoms with Crippen LogP contribution in [0.2, 0.25) is 0 Å². The number of aromatic nitrogens is 1. The van der Waals surface area contributed by atoms with Crippen molar-refractivity contribution in [1.29, 1.82) is 0 Å². The van der Waals surface area contributed by atoms with Crippen LogP contribution in [0.4, 0.5) is 8.78 Å². The molecular weight excluding hydrogens is 208 g/mol. The molecule has 1 aromatic heterocycles. The van der Waals surface area contributed by atoms with E-state index in [2.05, 4.69) is 4.98 Å². The lowest BCUT2D eigenvalue weighted by Gasteiger charge is -2.05. The van der Waals surface area contributed by atoms with Gasteiger partial charge in [0.05, 0.1) is 5.52 Å². The monoisotopic (exact) mass is 215 g/mol. The van der Waals surface area contributed by atoms with Gasteiger partial charge in [0.2, 0.25) is 0 Å². The minimum atomic E-state index is -0.832. The Morgan fingerprint density at radius 1 is 0.750 bits per heavy atom. The summed E-state index contributed by atoms with van der Waals surface area (Å²) < 4.78 is 27.4. The number of rotatable bonds is 0. The van der Waals surface area contributed by atoms with Gasteiger partial charge in [-0.3, -0.25) is 4.98 Å². The maximum atomic E-state index is 13.7. The molecule has 0 aliphatic rings. The van der Waals surface area contributed by atoms with Gasteiger partial charge in [-0.15, -0.1) is 0 Å². The highest BCUT2D eigenvalue weighted by Crippen LogP contribution is 2.28. The summed E-state index contributed by atoms with van der Waals surface area (Å²) in [6.07, 6.45) is 1.58. The molecule has 0 radical (unpaired) electrons. The fourth-order valence-corrected chi connectivity index (χ4v) is 1.91. The third kappa shape index (κ3) is 1.11.